The van der Waals surface area contributed by atoms with Gasteiger partial charge < -0.3 is 14.8 Å². The quantitative estimate of drug-likeness (QED) is 0.552. The first-order valence-electron chi connectivity index (χ1n) is 10.8. The lowest BCUT2D eigenvalue weighted by molar-refractivity contribution is -0.142. The van der Waals surface area contributed by atoms with Crippen LogP contribution in [0, 0.1) is 0 Å². The van der Waals surface area contributed by atoms with Gasteiger partial charge >= 0.3 is 5.97 Å². The third-order valence-electron chi connectivity index (χ3n) is 5.67. The van der Waals surface area contributed by atoms with E-state index >= 15 is 0 Å². The number of benzene rings is 2. The summed E-state index contributed by atoms with van der Waals surface area (Å²) in [5.41, 5.74) is 4.62. The van der Waals surface area contributed by atoms with Gasteiger partial charge in [0.05, 0.1) is 46.2 Å². The van der Waals surface area contributed by atoms with Crippen molar-refractivity contribution < 1.29 is 19.1 Å². The van der Waals surface area contributed by atoms with Gasteiger partial charge in [0.15, 0.2) is 0 Å². The van der Waals surface area contributed by atoms with Gasteiger partial charge in [0, 0.05) is 24.3 Å². The number of carbonyl (C=O) groups excluding carboxylic acids is 2. The molecule has 168 valence electrons. The molecule has 2 aromatic rings. The average molecular weight is 437 g/mol. The van der Waals surface area contributed by atoms with Crippen LogP contribution in [-0.2, 0) is 27.2 Å². The van der Waals surface area contributed by atoms with Crippen molar-refractivity contribution in [2.24, 2.45) is 5.10 Å². The highest BCUT2D eigenvalue weighted by Gasteiger charge is 2.19. The third-order valence-corrected chi connectivity index (χ3v) is 5.67. The second-order valence-electron chi connectivity index (χ2n) is 7.91. The van der Waals surface area contributed by atoms with Gasteiger partial charge in [-0.05, 0) is 47.4 Å². The normalized spacial score (nSPS) is 16.6. The lowest BCUT2D eigenvalue weighted by Crippen LogP contribution is -2.35. The highest BCUT2D eigenvalue weighted by Crippen LogP contribution is 2.23. The molecule has 1 N–H and O–H groups in total. The Balaban J connectivity index is 1.36. The van der Waals surface area contributed by atoms with Gasteiger partial charge in [-0.2, -0.15) is 5.10 Å². The molecule has 8 heteroatoms. The molecule has 32 heavy (non-hydrogen) atoms. The first kappa shape index (κ1) is 22.0. The van der Waals surface area contributed by atoms with E-state index in [1.54, 1.807) is 18.3 Å². The minimum atomic E-state index is -0.239. The number of carbonyl (C=O) groups is 2. The van der Waals surface area contributed by atoms with Crippen molar-refractivity contribution in [3.05, 3.63) is 64.7 Å². The summed E-state index contributed by atoms with van der Waals surface area (Å²) in [6.45, 7) is 4.72. The van der Waals surface area contributed by atoms with E-state index in [1.807, 2.05) is 35.3 Å². The Labute approximate surface area is 187 Å². The summed E-state index contributed by atoms with van der Waals surface area (Å²) in [5.74, 6) is -0.403. The fourth-order valence-corrected chi connectivity index (χ4v) is 3.82. The molecule has 1 fully saturated rings. The average Bonchev–Trinajstić information content (AvgIpc) is 2.83. The van der Waals surface area contributed by atoms with Crippen molar-refractivity contribution in [1.82, 2.24) is 9.91 Å². The molecule has 1 saturated heterocycles. The topological polar surface area (TPSA) is 83.5 Å². The smallest absolute Gasteiger partial charge is 0.319 e. The number of ether oxygens (including phenoxy) is 2. The summed E-state index contributed by atoms with van der Waals surface area (Å²) in [5, 5.41) is 9.41. The van der Waals surface area contributed by atoms with Crippen LogP contribution in [-0.4, -0.2) is 74.5 Å². The Bertz CT molecular complexity index is 984. The summed E-state index contributed by atoms with van der Waals surface area (Å²) < 4.78 is 10.1. The molecule has 0 unspecified atom stereocenters. The van der Waals surface area contributed by atoms with Crippen LogP contribution in [0.5, 0.6) is 0 Å². The number of amides is 1. The first-order valence-corrected chi connectivity index (χ1v) is 10.8. The van der Waals surface area contributed by atoms with Crippen LogP contribution in [0.1, 0.15) is 27.0 Å². The predicted octanol–water partition coefficient (Wildman–Crippen LogP) is 2.14. The largest absolute Gasteiger partial charge is 0.468 e. The molecule has 4 rings (SSSR count). The van der Waals surface area contributed by atoms with E-state index in [-0.39, 0.29) is 18.4 Å². The van der Waals surface area contributed by atoms with Crippen molar-refractivity contribution in [1.29, 1.82) is 0 Å². The highest BCUT2D eigenvalue weighted by molar-refractivity contribution is 6.04. The van der Waals surface area contributed by atoms with Crippen LogP contribution >= 0.6 is 0 Å². The molecule has 1 amide bonds. The minimum absolute atomic E-state index is 0.163. The zero-order valence-corrected chi connectivity index (χ0v) is 18.3. The van der Waals surface area contributed by atoms with E-state index in [9.17, 15) is 9.59 Å². The maximum absolute atomic E-state index is 12.7. The van der Waals surface area contributed by atoms with Gasteiger partial charge in [0.25, 0.3) is 5.91 Å². The Kier molecular flexibility index (Phi) is 7.14. The fourth-order valence-electron chi connectivity index (χ4n) is 3.82. The molecule has 0 bridgehead atoms. The summed E-state index contributed by atoms with van der Waals surface area (Å²) >= 11 is 0. The summed E-state index contributed by atoms with van der Waals surface area (Å²) in [7, 11) is 1.40. The number of hydrogen-bond donors (Lipinski definition) is 1. The van der Waals surface area contributed by atoms with E-state index in [1.165, 1.54) is 12.7 Å². The van der Waals surface area contributed by atoms with Gasteiger partial charge in [0.2, 0.25) is 0 Å². The van der Waals surface area contributed by atoms with E-state index in [0.717, 1.165) is 42.9 Å². The summed E-state index contributed by atoms with van der Waals surface area (Å²) in [6, 6.07) is 13.3. The van der Waals surface area contributed by atoms with Gasteiger partial charge in [-0.3, -0.25) is 19.5 Å². The van der Waals surface area contributed by atoms with Crippen molar-refractivity contribution >= 4 is 23.8 Å². The van der Waals surface area contributed by atoms with Crippen LogP contribution in [0.25, 0.3) is 0 Å². The molecule has 0 atom stereocenters. The fraction of sp³-hybridized carbons (Fsp3) is 0.375. The molecule has 2 aliphatic rings. The molecule has 8 nitrogen and oxygen atoms in total. The lowest BCUT2D eigenvalue weighted by Gasteiger charge is -2.28. The molecule has 0 radical (unpaired) electrons. The Morgan fingerprint density at radius 1 is 1.09 bits per heavy atom. The molecular formula is C24H28N4O4. The molecular weight excluding hydrogens is 408 g/mol. The number of nitrogens with one attached hydrogen (secondary N) is 1. The van der Waals surface area contributed by atoms with Gasteiger partial charge in [0.1, 0.15) is 0 Å². The Hall–Kier alpha value is -3.23. The molecule has 2 aromatic carbocycles. The lowest BCUT2D eigenvalue weighted by atomic mass is 9.99. The molecule has 0 aliphatic carbocycles. The van der Waals surface area contributed by atoms with Crippen molar-refractivity contribution in [2.45, 2.75) is 13.0 Å². The van der Waals surface area contributed by atoms with E-state index in [0.29, 0.717) is 25.3 Å². The zero-order valence-electron chi connectivity index (χ0n) is 18.3. The zero-order chi connectivity index (χ0) is 22.3. The van der Waals surface area contributed by atoms with Gasteiger partial charge in [-0.15, -0.1) is 0 Å². The van der Waals surface area contributed by atoms with Crippen LogP contribution in [0.3, 0.4) is 0 Å². The SMILES string of the molecule is COC(=O)CN1CCc2ccc(NC(=O)c3ccc(C=NN4CCOCC4)cc3)cc2C1. The van der Waals surface area contributed by atoms with Gasteiger partial charge in [-0.1, -0.05) is 18.2 Å². The Morgan fingerprint density at radius 3 is 2.62 bits per heavy atom. The number of hydrogen-bond acceptors (Lipinski definition) is 7. The number of morpholine rings is 1. The van der Waals surface area contributed by atoms with Crippen LogP contribution in [0.4, 0.5) is 5.69 Å². The first-order chi connectivity index (χ1) is 15.6. The second-order valence-corrected chi connectivity index (χ2v) is 7.91. The number of esters is 1. The molecule has 0 saturated carbocycles. The maximum Gasteiger partial charge on any atom is 0.319 e. The molecule has 0 aromatic heterocycles. The number of hydrazone groups is 1. The maximum atomic E-state index is 12.7. The standard InChI is InChI=1S/C24H28N4O4/c1-31-23(29)17-27-9-8-19-6-7-22(14-21(19)16-27)26-24(30)20-4-2-18(3-5-20)15-25-28-10-12-32-13-11-28/h2-7,14-15H,8-13,16-17H2,1H3,(H,26,30). The number of rotatable bonds is 6. The number of anilines is 1. The van der Waals surface area contributed by atoms with Gasteiger partial charge in [-0.25, -0.2) is 0 Å². The summed E-state index contributed by atoms with van der Waals surface area (Å²) in [6.07, 6.45) is 2.67. The van der Waals surface area contributed by atoms with Crippen molar-refractivity contribution in [3.63, 3.8) is 0 Å². The number of fused-ring (bicyclic) bond motifs is 1. The third kappa shape index (κ3) is 5.72. The van der Waals surface area contributed by atoms with E-state index in [2.05, 4.69) is 15.3 Å². The van der Waals surface area contributed by atoms with E-state index < -0.39 is 0 Å². The predicted molar refractivity (Wildman–Crippen MR) is 122 cm³/mol. The van der Waals surface area contributed by atoms with E-state index in [4.69, 9.17) is 9.47 Å². The van der Waals surface area contributed by atoms with Crippen LogP contribution in [0.2, 0.25) is 0 Å². The van der Waals surface area contributed by atoms with Crippen LogP contribution in [0.15, 0.2) is 47.6 Å². The van der Waals surface area contributed by atoms with Crippen molar-refractivity contribution in [2.75, 3.05) is 51.8 Å². The number of methoxy groups -OCH3 is 1. The monoisotopic (exact) mass is 436 g/mol. The molecule has 2 aliphatic heterocycles. The van der Waals surface area contributed by atoms with Crippen molar-refractivity contribution in [3.8, 4) is 0 Å². The molecule has 2 heterocycles. The highest BCUT2D eigenvalue weighted by atomic mass is 16.5. The Morgan fingerprint density at radius 2 is 1.88 bits per heavy atom. The number of nitrogens with zero attached hydrogens (tertiary/aromatic N) is 3. The minimum Gasteiger partial charge on any atom is -0.468 e. The second kappa shape index (κ2) is 10.4. The molecule has 0 spiro atoms. The van der Waals surface area contributed by atoms with Crippen LogP contribution < -0.4 is 5.32 Å². The summed E-state index contributed by atoms with van der Waals surface area (Å²) in [4.78, 5) is 26.3.